The summed E-state index contributed by atoms with van der Waals surface area (Å²) in [5.74, 6) is -0.610. The first-order valence-electron chi connectivity index (χ1n) is 23.1. The number of hydrogen-bond donors (Lipinski definition) is 4. The number of alkyl carbamates (subject to hydrolysis) is 1. The van der Waals surface area contributed by atoms with E-state index in [4.69, 9.17) is 28.4 Å². The maximum absolute atomic E-state index is 12.7. The van der Waals surface area contributed by atoms with E-state index in [-0.39, 0.29) is 43.3 Å². The van der Waals surface area contributed by atoms with Crippen LogP contribution in [0.4, 0.5) is 4.79 Å². The first-order valence-corrected chi connectivity index (χ1v) is 24.2. The number of thioether (sulfide) groups is 1. The summed E-state index contributed by atoms with van der Waals surface area (Å²) in [5.41, 5.74) is -2.07. The van der Waals surface area contributed by atoms with Gasteiger partial charge in [0.1, 0.15) is 34.7 Å². The van der Waals surface area contributed by atoms with Gasteiger partial charge in [-0.25, -0.2) is 14.4 Å². The van der Waals surface area contributed by atoms with Gasteiger partial charge in [0.25, 0.3) is 0 Å². The van der Waals surface area contributed by atoms with Gasteiger partial charge in [0.2, 0.25) is 17.7 Å². The van der Waals surface area contributed by atoms with Crippen LogP contribution in [0.2, 0.25) is 0 Å². The van der Waals surface area contributed by atoms with Crippen LogP contribution in [-0.2, 0) is 57.2 Å². The number of Topliss-reactive ketones (excluding diaryl/α,β-unsaturated/α-hetero) is 1. The molecule has 372 valence electrons. The lowest BCUT2D eigenvalue weighted by molar-refractivity contribution is -0.159. The molecule has 0 fully saturated rings. The average Bonchev–Trinajstić information content (AvgIpc) is 3.16. The van der Waals surface area contributed by atoms with Crippen molar-refractivity contribution in [3.05, 3.63) is 0 Å². The molecule has 4 amide bonds. The molecule has 0 aliphatic rings. The van der Waals surface area contributed by atoms with E-state index in [1.165, 1.54) is 6.92 Å². The Morgan fingerprint density at radius 3 is 1.52 bits per heavy atom. The Morgan fingerprint density at radius 2 is 0.938 bits per heavy atom. The molecular weight excluding hydrogens is 849 g/mol. The summed E-state index contributed by atoms with van der Waals surface area (Å²) in [6, 6.07) is -1.74. The molecular formula is C46H84N4O13S. The third kappa shape index (κ3) is 40.1. The Balaban J connectivity index is 3.76. The van der Waals surface area contributed by atoms with Gasteiger partial charge in [-0.1, -0.05) is 19.3 Å². The number of rotatable bonds is 36. The van der Waals surface area contributed by atoms with Crippen molar-refractivity contribution < 1.29 is 62.0 Å². The number of esters is 2. The van der Waals surface area contributed by atoms with Crippen LogP contribution in [0.15, 0.2) is 0 Å². The number of amides is 4. The predicted molar refractivity (Wildman–Crippen MR) is 248 cm³/mol. The van der Waals surface area contributed by atoms with Gasteiger partial charge in [0.05, 0.1) is 26.4 Å². The van der Waals surface area contributed by atoms with Gasteiger partial charge in [-0.2, -0.15) is 11.8 Å². The van der Waals surface area contributed by atoms with E-state index >= 15 is 0 Å². The van der Waals surface area contributed by atoms with Crippen molar-refractivity contribution in [3.8, 4) is 0 Å². The second kappa shape index (κ2) is 34.8. The summed E-state index contributed by atoms with van der Waals surface area (Å²) in [4.78, 5) is 85.6. The average molecular weight is 933 g/mol. The molecule has 0 rings (SSSR count). The van der Waals surface area contributed by atoms with Crippen LogP contribution in [0.1, 0.15) is 159 Å². The molecule has 0 saturated carbocycles. The van der Waals surface area contributed by atoms with E-state index in [1.807, 2.05) is 0 Å². The van der Waals surface area contributed by atoms with Gasteiger partial charge >= 0.3 is 18.0 Å². The molecule has 0 heterocycles. The number of nitrogens with one attached hydrogen (secondary N) is 4. The molecule has 0 aliphatic heterocycles. The first kappa shape index (κ1) is 60.5. The summed E-state index contributed by atoms with van der Waals surface area (Å²) in [6.07, 6.45) is 8.03. The monoisotopic (exact) mass is 933 g/mol. The summed E-state index contributed by atoms with van der Waals surface area (Å²) < 4.78 is 32.9. The summed E-state index contributed by atoms with van der Waals surface area (Å²) in [5, 5.41) is 11.0. The van der Waals surface area contributed by atoms with Crippen molar-refractivity contribution in [2.45, 2.75) is 188 Å². The molecule has 0 aromatic carbocycles. The zero-order valence-electron chi connectivity index (χ0n) is 40.8. The molecule has 0 radical (unpaired) electrons. The molecule has 4 N–H and O–H groups in total. The van der Waals surface area contributed by atoms with Gasteiger partial charge in [-0.05, 0) is 120 Å². The number of carbonyl (C=O) groups excluding carboxylic acids is 7. The number of hydrogen-bond acceptors (Lipinski definition) is 14. The molecule has 0 saturated heterocycles. The quantitative estimate of drug-likeness (QED) is 0.0316. The van der Waals surface area contributed by atoms with E-state index in [1.54, 1.807) is 74.1 Å². The normalized spacial score (nSPS) is 12.7. The maximum Gasteiger partial charge on any atom is 0.408 e. The van der Waals surface area contributed by atoms with Crippen LogP contribution in [0.3, 0.4) is 0 Å². The predicted octanol–water partition coefficient (Wildman–Crippen LogP) is 6.11. The minimum absolute atomic E-state index is 0.0120. The van der Waals surface area contributed by atoms with Crippen LogP contribution in [0.5, 0.6) is 0 Å². The minimum Gasteiger partial charge on any atom is -0.458 e. The maximum atomic E-state index is 12.7. The Morgan fingerprint density at radius 1 is 0.469 bits per heavy atom. The number of ketones is 1. The second-order valence-corrected chi connectivity index (χ2v) is 19.8. The molecule has 64 heavy (non-hydrogen) atoms. The first-order chi connectivity index (χ1) is 30.0. The third-order valence-electron chi connectivity index (χ3n) is 8.57. The molecule has 0 aliphatic carbocycles. The summed E-state index contributed by atoms with van der Waals surface area (Å²) in [6.45, 7) is 21.3. The summed E-state index contributed by atoms with van der Waals surface area (Å²) in [7, 11) is 0. The van der Waals surface area contributed by atoms with Crippen molar-refractivity contribution >= 4 is 53.3 Å². The van der Waals surface area contributed by atoms with Gasteiger partial charge < -0.3 is 54.5 Å². The molecule has 0 spiro atoms. The van der Waals surface area contributed by atoms with Crippen molar-refractivity contribution in [2.75, 3.05) is 64.2 Å². The van der Waals surface area contributed by atoms with Gasteiger partial charge in [0.15, 0.2) is 0 Å². The highest BCUT2D eigenvalue weighted by molar-refractivity contribution is 7.99. The van der Waals surface area contributed by atoms with E-state index in [0.29, 0.717) is 64.9 Å². The van der Waals surface area contributed by atoms with Crippen LogP contribution in [0, 0.1) is 0 Å². The standard InChI is InChI=1S/C46H84N4O13S/c1-35(51)21-22-36(41(55)61-44(2,3)4)49-40(54)24-23-39(53)47-25-16-14-17-27-58-29-31-60-32-30-59-28-19-26-48-38(52)20-15-12-11-13-18-33-64-34-37(42(56)62-45(5,6)7)50-43(57)63-46(8,9)10/h36-37H,11-34H2,1-10H3,(H,47,53)(H,48,52)(H,49,54)(H,50,57). The lowest BCUT2D eigenvalue weighted by Crippen LogP contribution is -2.47. The Bertz CT molecular complexity index is 1360. The highest BCUT2D eigenvalue weighted by atomic mass is 32.2. The van der Waals surface area contributed by atoms with Gasteiger partial charge in [-0.3, -0.25) is 14.4 Å². The molecule has 0 aromatic heterocycles. The largest absolute Gasteiger partial charge is 0.458 e. The molecule has 0 bridgehead atoms. The van der Waals surface area contributed by atoms with E-state index in [0.717, 1.165) is 63.5 Å². The van der Waals surface area contributed by atoms with Crippen molar-refractivity contribution in [1.82, 2.24) is 21.3 Å². The second-order valence-electron chi connectivity index (χ2n) is 18.7. The SMILES string of the molecule is CC(=O)CCC(NC(=O)CCC(=O)NCCCCCOCCOCCOCCCNC(=O)CCCCCCCSCC(NC(=O)OC(C)(C)C)C(=O)OC(C)(C)C)C(=O)OC(C)(C)C. The van der Waals surface area contributed by atoms with Gasteiger partial charge in [0, 0.05) is 57.7 Å². The van der Waals surface area contributed by atoms with E-state index in [9.17, 15) is 33.6 Å². The molecule has 2 atom stereocenters. The molecule has 2 unspecified atom stereocenters. The van der Waals surface area contributed by atoms with Crippen LogP contribution in [0.25, 0.3) is 0 Å². The van der Waals surface area contributed by atoms with Gasteiger partial charge in [-0.15, -0.1) is 0 Å². The number of ether oxygens (including phenoxy) is 6. The topological polar surface area (TPSA) is 223 Å². The molecule has 0 aromatic rings. The minimum atomic E-state index is -0.948. The lowest BCUT2D eigenvalue weighted by atomic mass is 10.1. The van der Waals surface area contributed by atoms with E-state index in [2.05, 4.69) is 21.3 Å². The Hall–Kier alpha value is -3.48. The fraction of sp³-hybridized carbons (Fsp3) is 0.848. The molecule has 17 nitrogen and oxygen atoms in total. The van der Waals surface area contributed by atoms with Crippen molar-refractivity contribution in [3.63, 3.8) is 0 Å². The number of carbonyl (C=O) groups is 7. The zero-order chi connectivity index (χ0) is 48.4. The molecule has 18 heteroatoms. The lowest BCUT2D eigenvalue weighted by Gasteiger charge is -2.26. The smallest absolute Gasteiger partial charge is 0.408 e. The fourth-order valence-electron chi connectivity index (χ4n) is 5.53. The fourth-order valence-corrected chi connectivity index (χ4v) is 6.56. The summed E-state index contributed by atoms with van der Waals surface area (Å²) >= 11 is 1.59. The zero-order valence-corrected chi connectivity index (χ0v) is 41.7. The third-order valence-corrected chi connectivity index (χ3v) is 9.72. The Labute approximate surface area is 387 Å². The van der Waals surface area contributed by atoms with Crippen LogP contribution < -0.4 is 21.3 Å². The Kier molecular flexibility index (Phi) is 32.9. The van der Waals surface area contributed by atoms with E-state index < -0.39 is 52.8 Å². The van der Waals surface area contributed by atoms with Crippen LogP contribution >= 0.6 is 11.8 Å². The number of unbranched alkanes of at least 4 members (excludes halogenated alkanes) is 6. The highest BCUT2D eigenvalue weighted by Crippen LogP contribution is 2.16. The van der Waals surface area contributed by atoms with Crippen molar-refractivity contribution in [1.29, 1.82) is 0 Å². The highest BCUT2D eigenvalue weighted by Gasteiger charge is 2.29. The van der Waals surface area contributed by atoms with Crippen molar-refractivity contribution in [2.24, 2.45) is 0 Å². The van der Waals surface area contributed by atoms with Crippen LogP contribution in [-0.4, -0.2) is 135 Å².